The van der Waals surface area contributed by atoms with E-state index in [2.05, 4.69) is 50.2 Å². The van der Waals surface area contributed by atoms with E-state index >= 15 is 0 Å². The van der Waals surface area contributed by atoms with Crippen LogP contribution in [0.1, 0.15) is 53.9 Å². The average molecular weight is 484 g/mol. The van der Waals surface area contributed by atoms with Gasteiger partial charge in [-0.25, -0.2) is 0 Å². The zero-order chi connectivity index (χ0) is 18.7. The Balaban J connectivity index is 0.00000625. The van der Waals surface area contributed by atoms with Gasteiger partial charge in [-0.05, 0) is 45.4 Å². The molecule has 1 saturated heterocycles. The van der Waals surface area contributed by atoms with Crippen LogP contribution in [0.4, 0.5) is 0 Å². The first-order valence-electron chi connectivity index (χ1n) is 9.98. The summed E-state index contributed by atoms with van der Waals surface area (Å²) in [6, 6.07) is 0.893. The Morgan fingerprint density at radius 1 is 1.31 bits per heavy atom. The molecule has 1 fully saturated rings. The molecule has 1 heterocycles. The molecule has 0 bridgehead atoms. The van der Waals surface area contributed by atoms with Gasteiger partial charge in [-0.3, -0.25) is 9.89 Å². The Bertz CT molecular complexity index is 392. The predicted octanol–water partition coefficient (Wildman–Crippen LogP) is 2.46. The molecule has 156 valence electrons. The van der Waals surface area contributed by atoms with Crippen LogP contribution >= 0.6 is 24.0 Å². The van der Waals surface area contributed by atoms with Crippen LogP contribution in [0, 0.1) is 5.41 Å². The predicted molar refractivity (Wildman–Crippen MR) is 121 cm³/mol. The summed E-state index contributed by atoms with van der Waals surface area (Å²) in [5.41, 5.74) is 0.0987. The van der Waals surface area contributed by atoms with Gasteiger partial charge in [0.2, 0.25) is 0 Å². The second-order valence-corrected chi connectivity index (χ2v) is 7.27. The van der Waals surface area contributed by atoms with Crippen LogP contribution in [0.15, 0.2) is 4.99 Å². The van der Waals surface area contributed by atoms with Crippen molar-refractivity contribution in [2.45, 2.75) is 66.0 Å². The van der Waals surface area contributed by atoms with Crippen molar-refractivity contribution in [1.29, 1.82) is 0 Å². The topological polar surface area (TPSA) is 69.1 Å². The number of halogens is 1. The highest BCUT2D eigenvalue weighted by Crippen LogP contribution is 2.30. The molecule has 0 aliphatic carbocycles. The minimum Gasteiger partial charge on any atom is -0.396 e. The van der Waals surface area contributed by atoms with Crippen molar-refractivity contribution in [3.8, 4) is 0 Å². The number of aliphatic hydroxyl groups excluding tert-OH is 1. The van der Waals surface area contributed by atoms with Crippen molar-refractivity contribution in [3.63, 3.8) is 0 Å². The lowest BCUT2D eigenvalue weighted by Gasteiger charge is -2.38. The summed E-state index contributed by atoms with van der Waals surface area (Å²) < 4.78 is 5.53. The summed E-state index contributed by atoms with van der Waals surface area (Å²) in [5.74, 6) is 0.875. The van der Waals surface area contributed by atoms with E-state index in [0.717, 1.165) is 64.6 Å². The number of aliphatic imine (C=N–C) groups is 1. The third kappa shape index (κ3) is 8.27. The van der Waals surface area contributed by atoms with Gasteiger partial charge in [0.1, 0.15) is 0 Å². The first-order chi connectivity index (χ1) is 12.0. The van der Waals surface area contributed by atoms with Gasteiger partial charge in [0.25, 0.3) is 0 Å². The first-order valence-corrected chi connectivity index (χ1v) is 9.98. The summed E-state index contributed by atoms with van der Waals surface area (Å²) in [5, 5.41) is 16.2. The molecule has 1 aliphatic rings. The Morgan fingerprint density at radius 2 is 2.00 bits per heavy atom. The van der Waals surface area contributed by atoms with Crippen molar-refractivity contribution in [1.82, 2.24) is 15.5 Å². The normalized spacial score (nSPS) is 20.4. The zero-order valence-electron chi connectivity index (χ0n) is 17.4. The number of ether oxygens (including phenoxy) is 1. The molecule has 26 heavy (non-hydrogen) atoms. The fraction of sp³-hybridized carbons (Fsp3) is 0.947. The quantitative estimate of drug-likeness (QED) is 0.253. The van der Waals surface area contributed by atoms with Gasteiger partial charge in [0.05, 0.1) is 13.2 Å². The van der Waals surface area contributed by atoms with Crippen molar-refractivity contribution >= 4 is 29.9 Å². The summed E-state index contributed by atoms with van der Waals surface area (Å²) >= 11 is 0. The second kappa shape index (κ2) is 14.0. The van der Waals surface area contributed by atoms with Crippen molar-refractivity contribution in [3.05, 3.63) is 0 Å². The molecule has 0 saturated carbocycles. The monoisotopic (exact) mass is 484 g/mol. The van der Waals surface area contributed by atoms with Crippen molar-refractivity contribution in [2.75, 3.05) is 46.0 Å². The highest BCUT2D eigenvalue weighted by Gasteiger charge is 2.26. The van der Waals surface area contributed by atoms with Gasteiger partial charge in [0, 0.05) is 44.9 Å². The minimum atomic E-state index is 0. The lowest BCUT2D eigenvalue weighted by Crippen LogP contribution is -2.53. The number of nitrogens with zero attached hydrogens (tertiary/aromatic N) is 2. The van der Waals surface area contributed by atoms with E-state index in [1.54, 1.807) is 0 Å². The van der Waals surface area contributed by atoms with E-state index in [4.69, 9.17) is 9.73 Å². The molecular formula is C19H41IN4O2. The summed E-state index contributed by atoms with van der Waals surface area (Å²) in [6.07, 6.45) is 2.88. The molecule has 0 spiro atoms. The van der Waals surface area contributed by atoms with E-state index in [9.17, 15) is 5.11 Å². The Morgan fingerprint density at radius 3 is 2.54 bits per heavy atom. The molecule has 7 heteroatoms. The number of morpholine rings is 1. The Hall–Kier alpha value is -0.120. The lowest BCUT2D eigenvalue weighted by molar-refractivity contribution is -0.0174. The van der Waals surface area contributed by atoms with Crippen LogP contribution in [-0.2, 0) is 4.74 Å². The molecule has 0 aromatic carbocycles. The molecule has 3 N–H and O–H groups in total. The number of guanidine groups is 1. The first kappa shape index (κ1) is 25.9. The SMILES string of the molecule is CCNC(=NCC(CC)(CC)CCO)NCC(C)N1CCOCC1C.I. The van der Waals surface area contributed by atoms with E-state index in [-0.39, 0.29) is 36.0 Å². The molecule has 0 amide bonds. The van der Waals surface area contributed by atoms with Crippen molar-refractivity contribution in [2.24, 2.45) is 10.4 Å². The zero-order valence-corrected chi connectivity index (χ0v) is 19.7. The Labute approximate surface area is 177 Å². The number of hydrogen-bond donors (Lipinski definition) is 3. The fourth-order valence-corrected chi connectivity index (χ4v) is 3.49. The fourth-order valence-electron chi connectivity index (χ4n) is 3.49. The largest absolute Gasteiger partial charge is 0.396 e. The van der Waals surface area contributed by atoms with Crippen molar-refractivity contribution < 1.29 is 9.84 Å². The standard InChI is InChI=1S/C19H40N4O2.HI/c1-6-19(7-2,9-11-24)15-22-18(20-8-3)21-13-16(4)23-10-12-25-14-17(23)5;/h16-17,24H,6-15H2,1-5H3,(H2,20,21,22);1H. The molecule has 6 nitrogen and oxygen atoms in total. The maximum atomic E-state index is 9.38. The van der Waals surface area contributed by atoms with E-state index in [0.29, 0.717) is 12.1 Å². The van der Waals surface area contributed by atoms with Crippen LogP contribution in [0.25, 0.3) is 0 Å². The van der Waals surface area contributed by atoms with Gasteiger partial charge >= 0.3 is 0 Å². The van der Waals surface area contributed by atoms with E-state index in [1.807, 2.05) is 0 Å². The summed E-state index contributed by atoms with van der Waals surface area (Å²) in [7, 11) is 0. The molecular weight excluding hydrogens is 443 g/mol. The third-order valence-corrected chi connectivity index (χ3v) is 5.61. The molecule has 0 aromatic heterocycles. The van der Waals surface area contributed by atoms with Gasteiger partial charge < -0.3 is 20.5 Å². The second-order valence-electron chi connectivity index (χ2n) is 7.27. The molecule has 0 aromatic rings. The minimum absolute atomic E-state index is 0. The number of hydrogen-bond acceptors (Lipinski definition) is 4. The van der Waals surface area contributed by atoms with Gasteiger partial charge in [0.15, 0.2) is 5.96 Å². The van der Waals surface area contributed by atoms with Gasteiger partial charge in [-0.1, -0.05) is 13.8 Å². The number of aliphatic hydroxyl groups is 1. The molecule has 2 atom stereocenters. The third-order valence-electron chi connectivity index (χ3n) is 5.61. The maximum Gasteiger partial charge on any atom is 0.191 e. The highest BCUT2D eigenvalue weighted by atomic mass is 127. The number of rotatable bonds is 10. The Kier molecular flexibility index (Phi) is 13.9. The van der Waals surface area contributed by atoms with Crippen LogP contribution in [0.2, 0.25) is 0 Å². The maximum absolute atomic E-state index is 9.38. The summed E-state index contributed by atoms with van der Waals surface area (Å²) in [6.45, 7) is 16.3. The van der Waals surface area contributed by atoms with Gasteiger partial charge in [-0.2, -0.15) is 0 Å². The number of nitrogens with one attached hydrogen (secondary N) is 2. The van der Waals surface area contributed by atoms with Crippen LogP contribution in [0.5, 0.6) is 0 Å². The highest BCUT2D eigenvalue weighted by molar-refractivity contribution is 14.0. The van der Waals surface area contributed by atoms with E-state index < -0.39 is 0 Å². The molecule has 1 rings (SSSR count). The molecule has 1 aliphatic heterocycles. The molecule has 2 unspecified atom stereocenters. The van der Waals surface area contributed by atoms with Gasteiger partial charge in [-0.15, -0.1) is 24.0 Å². The van der Waals surface area contributed by atoms with Crippen LogP contribution in [0.3, 0.4) is 0 Å². The summed E-state index contributed by atoms with van der Waals surface area (Å²) in [4.78, 5) is 7.32. The average Bonchev–Trinajstić information content (AvgIpc) is 2.63. The smallest absolute Gasteiger partial charge is 0.191 e. The lowest BCUT2D eigenvalue weighted by atomic mass is 9.79. The molecule has 0 radical (unpaired) electrons. The van der Waals surface area contributed by atoms with Crippen LogP contribution < -0.4 is 10.6 Å². The van der Waals surface area contributed by atoms with E-state index in [1.165, 1.54) is 0 Å². The van der Waals surface area contributed by atoms with Crippen LogP contribution in [-0.4, -0.2) is 74.0 Å².